The molecule has 0 saturated carbocycles. The molecule has 11 nitrogen and oxygen atoms in total. The van der Waals surface area contributed by atoms with Crippen molar-refractivity contribution in [1.82, 2.24) is 25.0 Å². The average molecular weight is 559 g/mol. The summed E-state index contributed by atoms with van der Waals surface area (Å²) in [4.78, 5) is 52.3. The topological polar surface area (TPSA) is 143 Å². The van der Waals surface area contributed by atoms with E-state index in [1.165, 1.54) is 0 Å². The van der Waals surface area contributed by atoms with E-state index in [4.69, 9.17) is 19.8 Å². The first-order valence-corrected chi connectivity index (χ1v) is 10.8. The summed E-state index contributed by atoms with van der Waals surface area (Å²) in [5.41, 5.74) is 0.797. The van der Waals surface area contributed by atoms with Crippen molar-refractivity contribution < 1.29 is 55.7 Å². The lowest BCUT2D eigenvalue weighted by molar-refractivity contribution is -0.193. The number of nitrogens with zero attached hydrogens (tertiary/aromatic N) is 4. The highest BCUT2D eigenvalue weighted by molar-refractivity contribution is 5.80. The number of carbonyl (C=O) groups is 4. The molecule has 3 rings (SSSR count). The van der Waals surface area contributed by atoms with Crippen LogP contribution in [0.2, 0.25) is 0 Å². The molecule has 1 spiro atoms. The van der Waals surface area contributed by atoms with Crippen LogP contribution in [0.25, 0.3) is 0 Å². The van der Waals surface area contributed by atoms with E-state index in [9.17, 15) is 35.9 Å². The number of hydrogen-bond acceptors (Lipinski definition) is 6. The molecule has 2 saturated heterocycles. The number of alkyl halides is 6. The minimum Gasteiger partial charge on any atom is -0.475 e. The molecule has 1 unspecified atom stereocenters. The number of urea groups is 1. The number of nitrogens with one attached hydrogen (secondary N) is 1. The van der Waals surface area contributed by atoms with Crippen LogP contribution >= 0.6 is 0 Å². The molecule has 0 aromatic carbocycles. The van der Waals surface area contributed by atoms with E-state index >= 15 is 0 Å². The van der Waals surface area contributed by atoms with Crippen LogP contribution in [0.15, 0.2) is 24.4 Å². The van der Waals surface area contributed by atoms with Crippen LogP contribution in [-0.4, -0.2) is 113 Å². The highest BCUT2D eigenvalue weighted by atomic mass is 19.4. The zero-order valence-corrected chi connectivity index (χ0v) is 20.3. The molecule has 3 N–H and O–H groups in total. The molecule has 2 aliphatic rings. The van der Waals surface area contributed by atoms with Crippen molar-refractivity contribution in [3.05, 3.63) is 30.1 Å². The van der Waals surface area contributed by atoms with Gasteiger partial charge in [0.15, 0.2) is 0 Å². The monoisotopic (exact) mass is 559 g/mol. The number of pyridine rings is 1. The number of aromatic nitrogens is 1. The van der Waals surface area contributed by atoms with Gasteiger partial charge in [-0.3, -0.25) is 14.7 Å². The highest BCUT2D eigenvalue weighted by Crippen LogP contribution is 2.31. The molecule has 2 aliphatic heterocycles. The summed E-state index contributed by atoms with van der Waals surface area (Å²) in [6.07, 6.45) is -7.89. The fraction of sp³-hybridized carbons (Fsp3) is 0.571. The number of carboxylic acid groups (broad SMARTS) is 2. The largest absolute Gasteiger partial charge is 0.490 e. The molecule has 17 heteroatoms. The number of carbonyl (C=O) groups excluding carboxylic acids is 2. The summed E-state index contributed by atoms with van der Waals surface area (Å²) >= 11 is 0. The summed E-state index contributed by atoms with van der Waals surface area (Å²) in [5, 5.41) is 17.2. The van der Waals surface area contributed by atoms with Crippen molar-refractivity contribution in [2.75, 3.05) is 46.8 Å². The first-order chi connectivity index (χ1) is 17.4. The molecule has 3 amide bonds. The first kappa shape index (κ1) is 32.4. The Kier molecular flexibility index (Phi) is 11.3. The Morgan fingerprint density at radius 1 is 1.03 bits per heavy atom. The third-order valence-electron chi connectivity index (χ3n) is 5.22. The second-order valence-electron chi connectivity index (χ2n) is 8.69. The minimum absolute atomic E-state index is 0.00779. The fourth-order valence-electron chi connectivity index (χ4n) is 3.63. The van der Waals surface area contributed by atoms with Gasteiger partial charge in [-0.15, -0.1) is 0 Å². The molecule has 2 fully saturated rings. The van der Waals surface area contributed by atoms with E-state index in [0.717, 1.165) is 25.3 Å². The summed E-state index contributed by atoms with van der Waals surface area (Å²) in [6.45, 7) is 4.22. The summed E-state index contributed by atoms with van der Waals surface area (Å²) < 4.78 is 63.5. The zero-order chi connectivity index (χ0) is 29.3. The number of halogens is 6. The van der Waals surface area contributed by atoms with Gasteiger partial charge < -0.3 is 25.3 Å². The zero-order valence-electron chi connectivity index (χ0n) is 20.3. The molecule has 0 radical (unpaired) electrons. The number of hydrogen-bond donors (Lipinski definition) is 3. The molecule has 0 bridgehead atoms. The van der Waals surface area contributed by atoms with Gasteiger partial charge in [0.25, 0.3) is 0 Å². The molecule has 1 aromatic rings. The molecule has 214 valence electrons. The van der Waals surface area contributed by atoms with Gasteiger partial charge in [0, 0.05) is 71.4 Å². The van der Waals surface area contributed by atoms with Gasteiger partial charge in [0.2, 0.25) is 5.91 Å². The summed E-state index contributed by atoms with van der Waals surface area (Å²) in [6, 6.07) is 5.91. The lowest BCUT2D eigenvalue weighted by Crippen LogP contribution is -2.47. The predicted molar refractivity (Wildman–Crippen MR) is 118 cm³/mol. The molecule has 0 aliphatic carbocycles. The minimum atomic E-state index is -5.08. The Bertz CT molecular complexity index is 952. The Balaban J connectivity index is 0.000000426. The molecule has 38 heavy (non-hydrogen) atoms. The first-order valence-electron chi connectivity index (χ1n) is 10.8. The smallest absolute Gasteiger partial charge is 0.475 e. The van der Waals surface area contributed by atoms with Gasteiger partial charge >= 0.3 is 30.3 Å². The highest BCUT2D eigenvalue weighted by Gasteiger charge is 2.44. The van der Waals surface area contributed by atoms with Gasteiger partial charge in [-0.1, -0.05) is 6.07 Å². The Labute approximate surface area is 213 Å². The van der Waals surface area contributed by atoms with Crippen molar-refractivity contribution >= 4 is 23.9 Å². The van der Waals surface area contributed by atoms with Gasteiger partial charge in [-0.2, -0.15) is 26.3 Å². The molecule has 3 heterocycles. The number of aliphatic carboxylic acids is 2. The fourth-order valence-corrected chi connectivity index (χ4v) is 3.63. The van der Waals surface area contributed by atoms with Gasteiger partial charge in [-0.25, -0.2) is 14.4 Å². The van der Waals surface area contributed by atoms with E-state index in [0.29, 0.717) is 26.1 Å². The van der Waals surface area contributed by atoms with E-state index in [1.807, 2.05) is 23.1 Å². The Morgan fingerprint density at radius 2 is 1.58 bits per heavy atom. The summed E-state index contributed by atoms with van der Waals surface area (Å²) in [5.74, 6) is -5.44. The van der Waals surface area contributed by atoms with Crippen molar-refractivity contribution in [3.63, 3.8) is 0 Å². The maximum Gasteiger partial charge on any atom is 0.490 e. The standard InChI is InChI=1S/C17H25N5O2.2C2HF3O2/c1-20(2)16(24)22-8-7-21(10-14-5-3-4-6-18-14)12-17(13-22)9-15(23)19-11-17;2*3-2(4,5)1(6)7/h3-6H,7-13H2,1-2H3,(H,19,23);2*(H,6,7). The SMILES string of the molecule is CN(C)C(=O)N1CCN(Cc2ccccn2)CC2(CNC(=O)C2)C1.O=C(O)C(F)(F)F.O=C(O)C(F)(F)F. The van der Waals surface area contributed by atoms with Crippen LogP contribution in [-0.2, 0) is 20.9 Å². The molecular weight excluding hydrogens is 532 g/mol. The van der Waals surface area contributed by atoms with Crippen LogP contribution in [0.1, 0.15) is 12.1 Å². The predicted octanol–water partition coefficient (Wildman–Crippen LogP) is 1.65. The molecule has 1 atom stereocenters. The van der Waals surface area contributed by atoms with Crippen LogP contribution in [0, 0.1) is 5.41 Å². The summed E-state index contributed by atoms with van der Waals surface area (Å²) in [7, 11) is 3.53. The third kappa shape index (κ3) is 10.8. The maximum absolute atomic E-state index is 12.5. The van der Waals surface area contributed by atoms with E-state index in [-0.39, 0.29) is 17.4 Å². The maximum atomic E-state index is 12.5. The lowest BCUT2D eigenvalue weighted by Gasteiger charge is -2.33. The van der Waals surface area contributed by atoms with Crippen LogP contribution in [0.5, 0.6) is 0 Å². The Hall–Kier alpha value is -3.63. The Morgan fingerprint density at radius 3 is 1.97 bits per heavy atom. The van der Waals surface area contributed by atoms with Crippen LogP contribution in [0.4, 0.5) is 31.1 Å². The van der Waals surface area contributed by atoms with Crippen LogP contribution in [0.3, 0.4) is 0 Å². The van der Waals surface area contributed by atoms with E-state index < -0.39 is 24.3 Å². The number of amides is 3. The van der Waals surface area contributed by atoms with Crippen molar-refractivity contribution in [3.8, 4) is 0 Å². The molecular formula is C21H27F6N5O6. The third-order valence-corrected chi connectivity index (χ3v) is 5.22. The quantitative estimate of drug-likeness (QED) is 0.465. The normalized spacial score (nSPS) is 19.8. The van der Waals surface area contributed by atoms with E-state index in [2.05, 4.69) is 15.2 Å². The average Bonchev–Trinajstić information content (AvgIpc) is 3.05. The van der Waals surface area contributed by atoms with Crippen molar-refractivity contribution in [1.29, 1.82) is 0 Å². The number of rotatable bonds is 2. The van der Waals surface area contributed by atoms with Gasteiger partial charge in [-0.05, 0) is 12.1 Å². The van der Waals surface area contributed by atoms with E-state index in [1.54, 1.807) is 25.2 Å². The second kappa shape index (κ2) is 13.3. The van der Waals surface area contributed by atoms with Crippen molar-refractivity contribution in [2.24, 2.45) is 5.41 Å². The van der Waals surface area contributed by atoms with Crippen LogP contribution < -0.4 is 5.32 Å². The second-order valence-corrected chi connectivity index (χ2v) is 8.69. The van der Waals surface area contributed by atoms with Gasteiger partial charge in [0.05, 0.1) is 5.69 Å². The lowest BCUT2D eigenvalue weighted by atomic mass is 9.86. The number of carboxylic acids is 2. The molecule has 1 aromatic heterocycles. The van der Waals surface area contributed by atoms with Gasteiger partial charge in [0.1, 0.15) is 0 Å². The van der Waals surface area contributed by atoms with Crippen molar-refractivity contribution in [2.45, 2.75) is 25.3 Å².